The molecule has 0 aliphatic rings. The summed E-state index contributed by atoms with van der Waals surface area (Å²) in [6, 6.07) is 14.8. The van der Waals surface area contributed by atoms with Gasteiger partial charge in [-0.25, -0.2) is 9.37 Å². The van der Waals surface area contributed by atoms with Gasteiger partial charge in [0, 0.05) is 30.2 Å². The largest absolute Gasteiger partial charge is 0.323 e. The van der Waals surface area contributed by atoms with Crippen LogP contribution in [0, 0.1) is 5.82 Å². The maximum atomic E-state index is 13.8. The van der Waals surface area contributed by atoms with Gasteiger partial charge in [0.15, 0.2) is 0 Å². The second-order valence-corrected chi connectivity index (χ2v) is 6.40. The Labute approximate surface area is 145 Å². The molecule has 0 bridgehead atoms. The van der Waals surface area contributed by atoms with Crippen molar-refractivity contribution in [1.29, 1.82) is 0 Å². The Hall–Kier alpha value is -2.79. The van der Waals surface area contributed by atoms with E-state index in [-0.39, 0.29) is 5.82 Å². The van der Waals surface area contributed by atoms with Gasteiger partial charge in [-0.15, -0.1) is 0 Å². The summed E-state index contributed by atoms with van der Waals surface area (Å²) in [6.07, 6.45) is 1.79. The summed E-state index contributed by atoms with van der Waals surface area (Å²) in [6.45, 7) is 1.57. The maximum absolute atomic E-state index is 13.8. The quantitative estimate of drug-likeness (QED) is 0.567. The molecule has 25 heavy (non-hydrogen) atoms. The Morgan fingerprint density at radius 2 is 1.92 bits per heavy atom. The van der Waals surface area contributed by atoms with Crippen molar-refractivity contribution in [3.63, 3.8) is 0 Å². The molecule has 0 aliphatic carbocycles. The van der Waals surface area contributed by atoms with Crippen molar-refractivity contribution >= 4 is 21.9 Å². The number of hydrogen-bond donors (Lipinski definition) is 0. The number of imidazole rings is 1. The lowest BCUT2D eigenvalue weighted by Crippen LogP contribution is -2.19. The van der Waals surface area contributed by atoms with E-state index in [0.29, 0.717) is 0 Å². The molecule has 0 saturated carbocycles. The zero-order chi connectivity index (χ0) is 17.4. The van der Waals surface area contributed by atoms with Crippen molar-refractivity contribution in [2.45, 2.75) is 6.54 Å². The summed E-state index contributed by atoms with van der Waals surface area (Å²) < 4.78 is 15.9. The van der Waals surface area contributed by atoms with E-state index in [1.165, 1.54) is 6.07 Å². The van der Waals surface area contributed by atoms with Crippen LogP contribution in [0.5, 0.6) is 0 Å². The Morgan fingerprint density at radius 1 is 1.08 bits per heavy atom. The minimum absolute atomic E-state index is 0.249. The third-order valence-electron chi connectivity index (χ3n) is 4.35. The Morgan fingerprint density at radius 3 is 2.76 bits per heavy atom. The Bertz CT molecular complexity index is 1050. The predicted octanol–water partition coefficient (Wildman–Crippen LogP) is 3.95. The first-order valence-electron chi connectivity index (χ1n) is 8.28. The highest BCUT2D eigenvalue weighted by Crippen LogP contribution is 2.30. The van der Waals surface area contributed by atoms with E-state index in [2.05, 4.69) is 14.5 Å². The number of halogens is 1. The third kappa shape index (κ3) is 2.87. The molecule has 0 radical (unpaired) electrons. The second kappa shape index (κ2) is 6.26. The standard InChI is InChI=1S/C20H19FN4/c1-24(2)11-12-25-18-13-15(21)8-9-17(18)23-20(25)16-7-3-5-14-6-4-10-22-19(14)16/h3-10,13H,11-12H2,1-2H3. The van der Waals surface area contributed by atoms with Crippen molar-refractivity contribution in [2.75, 3.05) is 20.6 Å². The van der Waals surface area contributed by atoms with Crippen LogP contribution in [0.2, 0.25) is 0 Å². The molecule has 0 spiro atoms. The number of benzene rings is 2. The van der Waals surface area contributed by atoms with Gasteiger partial charge in [0.05, 0.1) is 16.6 Å². The van der Waals surface area contributed by atoms with Crippen LogP contribution in [-0.2, 0) is 6.54 Å². The van der Waals surface area contributed by atoms with Crippen LogP contribution in [0.4, 0.5) is 4.39 Å². The fourth-order valence-electron chi connectivity index (χ4n) is 3.11. The van der Waals surface area contributed by atoms with Gasteiger partial charge in [0.1, 0.15) is 11.6 Å². The first-order valence-corrected chi connectivity index (χ1v) is 8.28. The van der Waals surface area contributed by atoms with Crippen LogP contribution in [0.1, 0.15) is 0 Å². The summed E-state index contributed by atoms with van der Waals surface area (Å²) in [4.78, 5) is 11.4. The fraction of sp³-hybridized carbons (Fsp3) is 0.200. The average molecular weight is 334 g/mol. The molecule has 0 fully saturated rings. The molecule has 126 valence electrons. The van der Waals surface area contributed by atoms with E-state index in [1.807, 2.05) is 44.4 Å². The van der Waals surface area contributed by atoms with E-state index >= 15 is 0 Å². The molecular formula is C20H19FN4. The van der Waals surface area contributed by atoms with Crippen LogP contribution in [-0.4, -0.2) is 40.1 Å². The number of para-hydroxylation sites is 1. The zero-order valence-corrected chi connectivity index (χ0v) is 14.3. The number of pyridine rings is 1. The lowest BCUT2D eigenvalue weighted by molar-refractivity contribution is 0.387. The van der Waals surface area contributed by atoms with E-state index in [1.54, 1.807) is 18.3 Å². The molecule has 2 aromatic carbocycles. The minimum atomic E-state index is -0.249. The summed E-state index contributed by atoms with van der Waals surface area (Å²) in [5, 5.41) is 1.07. The highest BCUT2D eigenvalue weighted by molar-refractivity contribution is 5.94. The normalized spacial score (nSPS) is 11.7. The van der Waals surface area contributed by atoms with Gasteiger partial charge >= 0.3 is 0 Å². The van der Waals surface area contributed by atoms with Gasteiger partial charge in [-0.2, -0.15) is 0 Å². The van der Waals surface area contributed by atoms with E-state index in [9.17, 15) is 4.39 Å². The van der Waals surface area contributed by atoms with Gasteiger partial charge in [0.2, 0.25) is 0 Å². The Kier molecular flexibility index (Phi) is 3.93. The smallest absolute Gasteiger partial charge is 0.143 e. The summed E-state index contributed by atoms with van der Waals surface area (Å²) >= 11 is 0. The lowest BCUT2D eigenvalue weighted by Gasteiger charge is -2.14. The lowest BCUT2D eigenvalue weighted by atomic mass is 10.1. The average Bonchev–Trinajstić information content (AvgIpc) is 2.97. The molecule has 0 unspecified atom stereocenters. The van der Waals surface area contributed by atoms with Crippen molar-refractivity contribution < 1.29 is 4.39 Å². The van der Waals surface area contributed by atoms with Crippen molar-refractivity contribution in [3.8, 4) is 11.4 Å². The highest BCUT2D eigenvalue weighted by atomic mass is 19.1. The van der Waals surface area contributed by atoms with Gasteiger partial charge in [-0.05, 0) is 44.4 Å². The molecule has 0 amide bonds. The number of fused-ring (bicyclic) bond motifs is 2. The van der Waals surface area contributed by atoms with Gasteiger partial charge in [-0.3, -0.25) is 4.98 Å². The van der Waals surface area contributed by atoms with Crippen LogP contribution < -0.4 is 0 Å². The van der Waals surface area contributed by atoms with Crippen LogP contribution in [0.15, 0.2) is 54.7 Å². The molecule has 0 N–H and O–H groups in total. The first kappa shape index (κ1) is 15.7. The molecule has 4 nitrogen and oxygen atoms in total. The fourth-order valence-corrected chi connectivity index (χ4v) is 3.11. The third-order valence-corrected chi connectivity index (χ3v) is 4.35. The van der Waals surface area contributed by atoms with Gasteiger partial charge in [0.25, 0.3) is 0 Å². The second-order valence-electron chi connectivity index (χ2n) is 6.40. The SMILES string of the molecule is CN(C)CCn1c(-c2cccc3cccnc23)nc2ccc(F)cc21. The molecular weight excluding hydrogens is 315 g/mol. The number of aromatic nitrogens is 3. The first-order chi connectivity index (χ1) is 12.1. The predicted molar refractivity (Wildman–Crippen MR) is 99.0 cm³/mol. The molecule has 2 heterocycles. The molecule has 2 aromatic heterocycles. The van der Waals surface area contributed by atoms with Crippen molar-refractivity contribution in [1.82, 2.24) is 19.4 Å². The monoisotopic (exact) mass is 334 g/mol. The molecule has 0 saturated heterocycles. The molecule has 5 heteroatoms. The van der Waals surface area contributed by atoms with Crippen molar-refractivity contribution in [2.24, 2.45) is 0 Å². The van der Waals surface area contributed by atoms with E-state index in [0.717, 1.165) is 46.4 Å². The number of likely N-dealkylation sites (N-methyl/N-ethyl adjacent to an activating group) is 1. The number of hydrogen-bond acceptors (Lipinski definition) is 3. The van der Waals surface area contributed by atoms with Crippen molar-refractivity contribution in [3.05, 3.63) is 60.5 Å². The topological polar surface area (TPSA) is 34.0 Å². The van der Waals surface area contributed by atoms with Gasteiger partial charge < -0.3 is 9.47 Å². The molecule has 4 aromatic rings. The molecule has 0 aliphatic heterocycles. The number of nitrogens with zero attached hydrogens (tertiary/aromatic N) is 4. The number of rotatable bonds is 4. The van der Waals surface area contributed by atoms with Crippen LogP contribution in [0.3, 0.4) is 0 Å². The van der Waals surface area contributed by atoms with Crippen LogP contribution in [0.25, 0.3) is 33.3 Å². The van der Waals surface area contributed by atoms with E-state index in [4.69, 9.17) is 4.98 Å². The maximum Gasteiger partial charge on any atom is 0.143 e. The summed E-state index contributed by atoms with van der Waals surface area (Å²) in [5.74, 6) is 0.577. The highest BCUT2D eigenvalue weighted by Gasteiger charge is 2.16. The van der Waals surface area contributed by atoms with Crippen LogP contribution >= 0.6 is 0 Å². The minimum Gasteiger partial charge on any atom is -0.323 e. The summed E-state index contributed by atoms with van der Waals surface area (Å²) in [5.41, 5.74) is 3.48. The zero-order valence-electron chi connectivity index (χ0n) is 14.3. The Balaban J connectivity index is 1.98. The summed E-state index contributed by atoms with van der Waals surface area (Å²) in [7, 11) is 4.05. The van der Waals surface area contributed by atoms with Gasteiger partial charge in [-0.1, -0.05) is 18.2 Å². The van der Waals surface area contributed by atoms with E-state index < -0.39 is 0 Å². The molecule has 4 rings (SSSR count). The molecule has 0 atom stereocenters.